The van der Waals surface area contributed by atoms with E-state index < -0.39 is 17.8 Å². The Morgan fingerprint density at radius 2 is 2.05 bits per heavy atom. The van der Waals surface area contributed by atoms with E-state index in [9.17, 15) is 10.2 Å². The molecule has 1 aliphatic heterocycles. The number of ether oxygens (including phenoxy) is 2. The first-order valence-electron chi connectivity index (χ1n) is 7.56. The molecular weight excluding hydrogens is 256 g/mol. The molecule has 1 saturated heterocycles. The van der Waals surface area contributed by atoms with Crippen LogP contribution in [0.3, 0.4) is 0 Å². The van der Waals surface area contributed by atoms with Crippen LogP contribution in [0.2, 0.25) is 0 Å². The summed E-state index contributed by atoms with van der Waals surface area (Å²) in [4.78, 5) is 0. The van der Waals surface area contributed by atoms with Crippen molar-refractivity contribution in [2.24, 2.45) is 22.7 Å². The van der Waals surface area contributed by atoms with Gasteiger partial charge in [-0.3, -0.25) is 0 Å². The quantitative estimate of drug-likeness (QED) is 0.719. The smallest absolute Gasteiger partial charge is 0.169 e. The third-order valence-electron chi connectivity index (χ3n) is 6.49. The molecule has 0 radical (unpaired) electrons. The molecule has 4 heteroatoms. The number of hydrogen-bond donors (Lipinski definition) is 2. The van der Waals surface area contributed by atoms with Crippen molar-refractivity contribution in [3.8, 4) is 0 Å². The van der Waals surface area contributed by atoms with Gasteiger partial charge in [0.1, 0.15) is 0 Å². The molecule has 3 aliphatic rings. The highest BCUT2D eigenvalue weighted by molar-refractivity contribution is 5.27. The minimum absolute atomic E-state index is 0.202. The molecule has 2 saturated carbocycles. The lowest BCUT2D eigenvalue weighted by Gasteiger charge is -2.47. The molecule has 1 heterocycles. The van der Waals surface area contributed by atoms with Crippen LogP contribution in [0.1, 0.15) is 33.1 Å². The van der Waals surface area contributed by atoms with Crippen LogP contribution in [0.15, 0.2) is 12.2 Å². The summed E-state index contributed by atoms with van der Waals surface area (Å²) in [7, 11) is 1.63. The predicted molar refractivity (Wildman–Crippen MR) is 74.9 cm³/mol. The highest BCUT2D eigenvalue weighted by Gasteiger charge is 2.68. The lowest BCUT2D eigenvalue weighted by atomic mass is 9.61. The molecule has 0 aromatic rings. The third kappa shape index (κ3) is 1.56. The zero-order chi connectivity index (χ0) is 14.7. The fourth-order valence-electron chi connectivity index (χ4n) is 5.08. The predicted octanol–water partition coefficient (Wildman–Crippen LogP) is 1.71. The summed E-state index contributed by atoms with van der Waals surface area (Å²) in [5.74, 6) is 0.559. The normalized spacial score (nSPS) is 55.5. The van der Waals surface area contributed by atoms with E-state index in [2.05, 4.69) is 20.4 Å². The molecule has 3 rings (SSSR count). The number of aliphatic hydroxyl groups excluding tert-OH is 2. The SMILES string of the molecule is C=C1CO[C@@H](OC)C12C[C@H]1C[C@H](O)C[C@H](C)[C@@]1(C)[C@@H]2O. The average Bonchev–Trinajstić information content (AvgIpc) is 2.82. The molecule has 0 bridgehead atoms. The van der Waals surface area contributed by atoms with Crippen molar-refractivity contribution in [3.05, 3.63) is 12.2 Å². The molecule has 114 valence electrons. The van der Waals surface area contributed by atoms with Gasteiger partial charge >= 0.3 is 0 Å². The van der Waals surface area contributed by atoms with Gasteiger partial charge in [-0.05, 0) is 36.7 Å². The van der Waals surface area contributed by atoms with Gasteiger partial charge in [0.15, 0.2) is 6.29 Å². The molecule has 0 amide bonds. The fourth-order valence-corrected chi connectivity index (χ4v) is 5.08. The van der Waals surface area contributed by atoms with Gasteiger partial charge in [-0.1, -0.05) is 20.4 Å². The van der Waals surface area contributed by atoms with E-state index in [1.54, 1.807) is 7.11 Å². The Kier molecular flexibility index (Phi) is 3.29. The lowest BCUT2D eigenvalue weighted by molar-refractivity contribution is -0.175. The van der Waals surface area contributed by atoms with Crippen molar-refractivity contribution in [1.29, 1.82) is 0 Å². The van der Waals surface area contributed by atoms with Gasteiger partial charge in [0, 0.05) is 12.5 Å². The monoisotopic (exact) mass is 282 g/mol. The summed E-state index contributed by atoms with van der Waals surface area (Å²) in [5, 5.41) is 21.2. The summed E-state index contributed by atoms with van der Waals surface area (Å²) < 4.78 is 11.2. The van der Waals surface area contributed by atoms with Gasteiger partial charge < -0.3 is 19.7 Å². The summed E-state index contributed by atoms with van der Waals surface area (Å²) in [5.41, 5.74) is 0.230. The molecule has 0 aromatic carbocycles. The van der Waals surface area contributed by atoms with Crippen molar-refractivity contribution in [2.75, 3.05) is 13.7 Å². The largest absolute Gasteiger partial charge is 0.393 e. The first kappa shape index (κ1) is 14.5. The fraction of sp³-hybridized carbons (Fsp3) is 0.875. The molecule has 1 unspecified atom stereocenters. The zero-order valence-electron chi connectivity index (χ0n) is 12.6. The van der Waals surface area contributed by atoms with E-state index in [-0.39, 0.29) is 23.4 Å². The van der Waals surface area contributed by atoms with Gasteiger partial charge in [-0.25, -0.2) is 0 Å². The van der Waals surface area contributed by atoms with Crippen LogP contribution in [-0.4, -0.2) is 42.4 Å². The maximum absolute atomic E-state index is 11.2. The van der Waals surface area contributed by atoms with Gasteiger partial charge in [0.05, 0.1) is 24.2 Å². The van der Waals surface area contributed by atoms with Crippen LogP contribution < -0.4 is 0 Å². The van der Waals surface area contributed by atoms with Crippen molar-refractivity contribution in [1.82, 2.24) is 0 Å². The number of fused-ring (bicyclic) bond motifs is 1. The zero-order valence-corrected chi connectivity index (χ0v) is 12.6. The van der Waals surface area contributed by atoms with Gasteiger partial charge in [-0.2, -0.15) is 0 Å². The van der Waals surface area contributed by atoms with Crippen molar-refractivity contribution in [3.63, 3.8) is 0 Å². The van der Waals surface area contributed by atoms with E-state index in [0.29, 0.717) is 6.61 Å². The van der Waals surface area contributed by atoms with E-state index >= 15 is 0 Å². The lowest BCUT2D eigenvalue weighted by Crippen LogP contribution is -2.50. The van der Waals surface area contributed by atoms with Crippen molar-refractivity contribution >= 4 is 0 Å². The molecular formula is C16H26O4. The van der Waals surface area contributed by atoms with Crippen LogP contribution >= 0.6 is 0 Å². The van der Waals surface area contributed by atoms with E-state index in [4.69, 9.17) is 9.47 Å². The Labute approximate surface area is 120 Å². The molecule has 0 aromatic heterocycles. The molecule has 20 heavy (non-hydrogen) atoms. The Morgan fingerprint density at radius 1 is 1.35 bits per heavy atom. The highest BCUT2D eigenvalue weighted by atomic mass is 16.7. The first-order valence-corrected chi connectivity index (χ1v) is 7.56. The minimum Gasteiger partial charge on any atom is -0.393 e. The molecule has 3 fully saturated rings. The Morgan fingerprint density at radius 3 is 2.70 bits per heavy atom. The van der Waals surface area contributed by atoms with Crippen LogP contribution in [0.5, 0.6) is 0 Å². The summed E-state index contributed by atoms with van der Waals surface area (Å²) in [6, 6.07) is 0. The minimum atomic E-state index is -0.526. The van der Waals surface area contributed by atoms with Crippen LogP contribution in [0, 0.1) is 22.7 Å². The number of methoxy groups -OCH3 is 1. The van der Waals surface area contributed by atoms with E-state index in [1.807, 2.05) is 0 Å². The number of hydrogen-bond acceptors (Lipinski definition) is 4. The molecule has 1 spiro atoms. The maximum Gasteiger partial charge on any atom is 0.169 e. The van der Waals surface area contributed by atoms with Crippen LogP contribution in [-0.2, 0) is 9.47 Å². The maximum atomic E-state index is 11.2. The topological polar surface area (TPSA) is 58.9 Å². The first-order chi connectivity index (χ1) is 9.37. The van der Waals surface area contributed by atoms with E-state index in [1.165, 1.54) is 0 Å². The van der Waals surface area contributed by atoms with E-state index in [0.717, 1.165) is 24.8 Å². The van der Waals surface area contributed by atoms with Crippen LogP contribution in [0.25, 0.3) is 0 Å². The summed E-state index contributed by atoms with van der Waals surface area (Å²) in [6.07, 6.45) is 1.10. The Balaban J connectivity index is 2.03. The molecule has 2 N–H and O–H groups in total. The summed E-state index contributed by atoms with van der Waals surface area (Å²) >= 11 is 0. The molecule has 2 aliphatic carbocycles. The second-order valence-corrected chi connectivity index (χ2v) is 7.22. The Hall–Kier alpha value is -0.420. The van der Waals surface area contributed by atoms with Gasteiger partial charge in [0.2, 0.25) is 0 Å². The molecule has 7 atom stereocenters. The van der Waals surface area contributed by atoms with Gasteiger partial charge in [-0.15, -0.1) is 0 Å². The van der Waals surface area contributed by atoms with Crippen LogP contribution in [0.4, 0.5) is 0 Å². The Bertz CT molecular complexity index is 423. The standard InChI is InChI=1S/C16H26O4/c1-9-5-12(17)6-11-7-16(13(18)15(9,11)3)10(2)8-20-14(16)19-4/h9,11-14,17-18H,2,5-8H2,1,3-4H3/t9-,11+,12+,13-,14+,15+,16?/m0/s1. The van der Waals surface area contributed by atoms with Gasteiger partial charge in [0.25, 0.3) is 0 Å². The van der Waals surface area contributed by atoms with Crippen molar-refractivity contribution < 1.29 is 19.7 Å². The second kappa shape index (κ2) is 4.54. The average molecular weight is 282 g/mol. The molecule has 4 nitrogen and oxygen atoms in total. The third-order valence-corrected chi connectivity index (χ3v) is 6.49. The summed E-state index contributed by atoms with van der Waals surface area (Å²) in [6.45, 7) is 8.89. The number of rotatable bonds is 1. The number of aliphatic hydroxyl groups is 2. The highest BCUT2D eigenvalue weighted by Crippen LogP contribution is 2.66. The second-order valence-electron chi connectivity index (χ2n) is 7.22. The van der Waals surface area contributed by atoms with Crippen molar-refractivity contribution in [2.45, 2.75) is 51.6 Å².